The second-order valence-electron chi connectivity index (χ2n) is 3.81. The minimum Gasteiger partial charge on any atom is -0.370 e. The Morgan fingerprint density at radius 3 is 2.38 bits per heavy atom. The summed E-state index contributed by atoms with van der Waals surface area (Å²) in [5, 5.41) is 7.31. The minimum absolute atomic E-state index is 0.0909. The Hall–Kier alpha value is -1.78. The number of hydrogen-bond acceptors (Lipinski definition) is 2. The zero-order chi connectivity index (χ0) is 11.5. The first kappa shape index (κ1) is 10.7. The summed E-state index contributed by atoms with van der Waals surface area (Å²) >= 11 is 0. The van der Waals surface area contributed by atoms with Gasteiger partial charge in [0, 0.05) is 26.2 Å². The first-order chi connectivity index (χ1) is 7.68. The van der Waals surface area contributed by atoms with Gasteiger partial charge < -0.3 is 15.5 Å². The molecule has 1 fully saturated rings. The van der Waals surface area contributed by atoms with Gasteiger partial charge in [0.05, 0.1) is 5.69 Å². The van der Waals surface area contributed by atoms with Crippen LogP contribution in [-0.4, -0.2) is 37.0 Å². The molecule has 0 atom stereocenters. The number of nitrogens with one attached hydrogen (secondary N) is 1. The van der Waals surface area contributed by atoms with Crippen LogP contribution >= 0.6 is 0 Å². The molecule has 0 amide bonds. The summed E-state index contributed by atoms with van der Waals surface area (Å²) in [6.45, 7) is 2.73. The van der Waals surface area contributed by atoms with E-state index in [1.807, 2.05) is 11.0 Å². The monoisotopic (exact) mass is 222 g/mol. The number of rotatable bonds is 1. The van der Waals surface area contributed by atoms with E-state index in [0.29, 0.717) is 31.9 Å². The molecule has 0 unspecified atom stereocenters. The zero-order valence-electron chi connectivity index (χ0n) is 8.99. The third kappa shape index (κ3) is 2.08. The molecule has 1 heterocycles. The highest BCUT2D eigenvalue weighted by Crippen LogP contribution is 2.19. The number of halogens is 1. The van der Waals surface area contributed by atoms with Crippen molar-refractivity contribution < 1.29 is 4.39 Å². The van der Waals surface area contributed by atoms with Crippen LogP contribution in [0.25, 0.3) is 0 Å². The van der Waals surface area contributed by atoms with Gasteiger partial charge >= 0.3 is 0 Å². The van der Waals surface area contributed by atoms with E-state index in [-0.39, 0.29) is 11.8 Å². The van der Waals surface area contributed by atoms with Crippen molar-refractivity contribution in [2.75, 3.05) is 31.1 Å². The van der Waals surface area contributed by atoms with Crippen LogP contribution < -0.4 is 10.6 Å². The quantitative estimate of drug-likeness (QED) is 0.547. The summed E-state index contributed by atoms with van der Waals surface area (Å²) in [5.74, 6) is -0.105. The number of hydrogen-bond donors (Lipinski definition) is 2. The Balaban J connectivity index is 2.05. The molecule has 0 aliphatic carbocycles. The molecule has 5 heteroatoms. The number of benzene rings is 1. The van der Waals surface area contributed by atoms with Gasteiger partial charge in [-0.1, -0.05) is 12.1 Å². The largest absolute Gasteiger partial charge is 0.370 e. The zero-order valence-corrected chi connectivity index (χ0v) is 8.99. The molecule has 2 rings (SSSR count). The van der Waals surface area contributed by atoms with Crippen LogP contribution in [0.15, 0.2) is 24.3 Å². The standard InChI is InChI=1S/C11H15FN4/c12-9-3-1-2-4-10(9)15-5-7-16(8-6-15)11(13)14/h1-4H,5-8H2,(H3,13,14). The van der Waals surface area contributed by atoms with Gasteiger partial charge in [-0.05, 0) is 12.1 Å². The maximum Gasteiger partial charge on any atom is 0.188 e. The number of nitrogens with two attached hydrogens (primary N) is 1. The van der Waals surface area contributed by atoms with Crippen molar-refractivity contribution in [3.05, 3.63) is 30.1 Å². The first-order valence-corrected chi connectivity index (χ1v) is 5.27. The van der Waals surface area contributed by atoms with E-state index in [1.54, 1.807) is 17.0 Å². The predicted molar refractivity (Wildman–Crippen MR) is 62.1 cm³/mol. The van der Waals surface area contributed by atoms with Crippen molar-refractivity contribution in [1.82, 2.24) is 4.90 Å². The second kappa shape index (κ2) is 4.38. The van der Waals surface area contributed by atoms with Crippen LogP contribution in [0.5, 0.6) is 0 Å². The third-order valence-electron chi connectivity index (χ3n) is 2.81. The third-order valence-corrected chi connectivity index (χ3v) is 2.81. The molecule has 1 saturated heterocycles. The molecule has 1 aliphatic heterocycles. The molecular formula is C11H15FN4. The number of anilines is 1. The lowest BCUT2D eigenvalue weighted by Crippen LogP contribution is -2.51. The Kier molecular flexibility index (Phi) is 2.94. The fourth-order valence-electron chi connectivity index (χ4n) is 1.90. The van der Waals surface area contributed by atoms with E-state index in [0.717, 1.165) is 0 Å². The van der Waals surface area contributed by atoms with E-state index in [4.69, 9.17) is 11.1 Å². The van der Waals surface area contributed by atoms with Crippen molar-refractivity contribution in [3.63, 3.8) is 0 Å². The van der Waals surface area contributed by atoms with Gasteiger partial charge in [-0.25, -0.2) is 4.39 Å². The summed E-state index contributed by atoms with van der Waals surface area (Å²) < 4.78 is 13.5. The Morgan fingerprint density at radius 1 is 1.19 bits per heavy atom. The Morgan fingerprint density at radius 2 is 1.81 bits per heavy atom. The van der Waals surface area contributed by atoms with Crippen molar-refractivity contribution in [2.24, 2.45) is 5.73 Å². The molecule has 86 valence electrons. The highest BCUT2D eigenvalue weighted by molar-refractivity contribution is 5.75. The van der Waals surface area contributed by atoms with Crippen molar-refractivity contribution in [1.29, 1.82) is 5.41 Å². The van der Waals surface area contributed by atoms with Gasteiger partial charge in [-0.3, -0.25) is 5.41 Å². The number of guanidine groups is 1. The van der Waals surface area contributed by atoms with Gasteiger partial charge in [-0.15, -0.1) is 0 Å². The molecule has 16 heavy (non-hydrogen) atoms. The lowest BCUT2D eigenvalue weighted by atomic mass is 10.2. The molecule has 0 saturated carbocycles. The highest BCUT2D eigenvalue weighted by Gasteiger charge is 2.19. The van der Waals surface area contributed by atoms with E-state index in [1.165, 1.54) is 6.07 Å². The highest BCUT2D eigenvalue weighted by atomic mass is 19.1. The van der Waals surface area contributed by atoms with Crippen molar-refractivity contribution in [2.45, 2.75) is 0 Å². The summed E-state index contributed by atoms with van der Waals surface area (Å²) in [6, 6.07) is 6.76. The molecule has 0 radical (unpaired) electrons. The van der Waals surface area contributed by atoms with Gasteiger partial charge in [0.25, 0.3) is 0 Å². The second-order valence-corrected chi connectivity index (χ2v) is 3.81. The molecule has 1 aliphatic rings. The average Bonchev–Trinajstić information content (AvgIpc) is 2.30. The topological polar surface area (TPSA) is 56.4 Å². The summed E-state index contributed by atoms with van der Waals surface area (Å²) in [6.07, 6.45) is 0. The normalized spacial score (nSPS) is 16.3. The average molecular weight is 222 g/mol. The molecular weight excluding hydrogens is 207 g/mol. The maximum atomic E-state index is 13.5. The fourth-order valence-corrected chi connectivity index (χ4v) is 1.90. The lowest BCUT2D eigenvalue weighted by Gasteiger charge is -2.36. The molecule has 0 bridgehead atoms. The van der Waals surface area contributed by atoms with Crippen LogP contribution in [0.2, 0.25) is 0 Å². The van der Waals surface area contributed by atoms with E-state index in [2.05, 4.69) is 0 Å². The first-order valence-electron chi connectivity index (χ1n) is 5.27. The molecule has 1 aromatic rings. The fraction of sp³-hybridized carbons (Fsp3) is 0.364. The van der Waals surface area contributed by atoms with Crippen LogP contribution in [0.3, 0.4) is 0 Å². The summed E-state index contributed by atoms with van der Waals surface area (Å²) in [4.78, 5) is 3.77. The maximum absolute atomic E-state index is 13.5. The number of nitrogens with zero attached hydrogens (tertiary/aromatic N) is 2. The molecule has 0 spiro atoms. The number of piperazine rings is 1. The van der Waals surface area contributed by atoms with Crippen LogP contribution in [0, 0.1) is 11.2 Å². The lowest BCUT2D eigenvalue weighted by molar-refractivity contribution is 0.378. The SMILES string of the molecule is N=C(N)N1CCN(c2ccccc2F)CC1. The Labute approximate surface area is 94.0 Å². The van der Waals surface area contributed by atoms with Crippen molar-refractivity contribution in [3.8, 4) is 0 Å². The van der Waals surface area contributed by atoms with Crippen molar-refractivity contribution >= 4 is 11.6 Å². The molecule has 0 aromatic heterocycles. The predicted octanol–water partition coefficient (Wildman–Crippen LogP) is 0.841. The summed E-state index contributed by atoms with van der Waals surface area (Å²) in [7, 11) is 0. The van der Waals surface area contributed by atoms with Crippen LogP contribution in [-0.2, 0) is 0 Å². The Bertz CT molecular complexity index is 385. The van der Waals surface area contributed by atoms with Gasteiger partial charge in [0.2, 0.25) is 0 Å². The summed E-state index contributed by atoms with van der Waals surface area (Å²) in [5.41, 5.74) is 6.03. The van der Waals surface area contributed by atoms with E-state index < -0.39 is 0 Å². The van der Waals surface area contributed by atoms with Gasteiger partial charge in [0.15, 0.2) is 5.96 Å². The van der Waals surface area contributed by atoms with Crippen LogP contribution in [0.1, 0.15) is 0 Å². The van der Waals surface area contributed by atoms with Crippen LogP contribution in [0.4, 0.5) is 10.1 Å². The molecule has 3 N–H and O–H groups in total. The molecule has 4 nitrogen and oxygen atoms in total. The van der Waals surface area contributed by atoms with E-state index >= 15 is 0 Å². The molecule has 1 aromatic carbocycles. The smallest absolute Gasteiger partial charge is 0.188 e. The van der Waals surface area contributed by atoms with Gasteiger partial charge in [0.1, 0.15) is 5.82 Å². The van der Waals surface area contributed by atoms with E-state index in [9.17, 15) is 4.39 Å². The van der Waals surface area contributed by atoms with Gasteiger partial charge in [-0.2, -0.15) is 0 Å². The number of para-hydroxylation sites is 1. The minimum atomic E-state index is -0.196.